The van der Waals surface area contributed by atoms with E-state index in [1.165, 1.54) is 0 Å². The average molecular weight is 472 g/mol. The third-order valence-electron chi connectivity index (χ3n) is 3.80. The van der Waals surface area contributed by atoms with Crippen LogP contribution in [-0.4, -0.2) is 30.8 Å². The summed E-state index contributed by atoms with van der Waals surface area (Å²) in [7, 11) is 1.74. The standard InChI is InChI=1S/C19H28N4O2.HI/c1-13(2)17-10-16(25-23-17)12-22-19(20-5)21-11-15(4)24-18-9-7-6-8-14(18)3;/h6-10,13,15H,11-12H2,1-5H3,(H2,20,21,22);1H. The molecular weight excluding hydrogens is 443 g/mol. The van der Waals surface area contributed by atoms with Gasteiger partial charge >= 0.3 is 0 Å². The molecule has 1 aromatic carbocycles. The lowest BCUT2D eigenvalue weighted by Gasteiger charge is -2.18. The third-order valence-corrected chi connectivity index (χ3v) is 3.80. The van der Waals surface area contributed by atoms with Gasteiger partial charge in [0.2, 0.25) is 0 Å². The summed E-state index contributed by atoms with van der Waals surface area (Å²) < 4.78 is 11.3. The molecule has 0 aliphatic carbocycles. The van der Waals surface area contributed by atoms with Crippen LogP contribution in [0.25, 0.3) is 0 Å². The number of rotatable bonds is 7. The molecule has 0 aliphatic heterocycles. The van der Waals surface area contributed by atoms with Gasteiger partial charge in [-0.1, -0.05) is 37.2 Å². The van der Waals surface area contributed by atoms with Gasteiger partial charge in [-0.3, -0.25) is 4.99 Å². The van der Waals surface area contributed by atoms with Crippen LogP contribution >= 0.6 is 24.0 Å². The monoisotopic (exact) mass is 472 g/mol. The van der Waals surface area contributed by atoms with Crippen molar-refractivity contribution in [2.24, 2.45) is 4.99 Å². The Bertz CT molecular complexity index is 700. The van der Waals surface area contributed by atoms with Crippen LogP contribution in [0.1, 0.15) is 43.7 Å². The first-order chi connectivity index (χ1) is 12.0. The van der Waals surface area contributed by atoms with E-state index in [9.17, 15) is 0 Å². The second kappa shape index (κ2) is 11.1. The molecule has 0 radical (unpaired) electrons. The van der Waals surface area contributed by atoms with Gasteiger partial charge in [0.25, 0.3) is 0 Å². The van der Waals surface area contributed by atoms with E-state index in [2.05, 4.69) is 34.6 Å². The van der Waals surface area contributed by atoms with Crippen molar-refractivity contribution < 1.29 is 9.26 Å². The zero-order valence-electron chi connectivity index (χ0n) is 16.1. The van der Waals surface area contributed by atoms with Crippen molar-refractivity contribution in [3.05, 3.63) is 47.3 Å². The zero-order chi connectivity index (χ0) is 18.2. The number of hydrogen-bond donors (Lipinski definition) is 2. The van der Waals surface area contributed by atoms with Gasteiger partial charge in [0.1, 0.15) is 11.9 Å². The molecule has 0 aliphatic rings. The molecule has 6 nitrogen and oxygen atoms in total. The highest BCUT2D eigenvalue weighted by Gasteiger charge is 2.10. The van der Waals surface area contributed by atoms with Crippen LogP contribution in [0.5, 0.6) is 5.75 Å². The first-order valence-corrected chi connectivity index (χ1v) is 8.62. The van der Waals surface area contributed by atoms with Crippen LogP contribution in [0.15, 0.2) is 39.8 Å². The Hall–Kier alpha value is -1.77. The Morgan fingerprint density at radius 1 is 1.23 bits per heavy atom. The Morgan fingerprint density at radius 3 is 2.58 bits per heavy atom. The highest BCUT2D eigenvalue weighted by Crippen LogP contribution is 2.17. The summed E-state index contributed by atoms with van der Waals surface area (Å²) in [5.74, 6) is 2.75. The summed E-state index contributed by atoms with van der Waals surface area (Å²) in [5.41, 5.74) is 2.09. The van der Waals surface area contributed by atoms with Crippen molar-refractivity contribution in [3.63, 3.8) is 0 Å². The van der Waals surface area contributed by atoms with E-state index in [4.69, 9.17) is 9.26 Å². The molecule has 1 unspecified atom stereocenters. The number of aromatic nitrogens is 1. The molecule has 0 spiro atoms. The number of nitrogens with one attached hydrogen (secondary N) is 2. The smallest absolute Gasteiger partial charge is 0.191 e. The molecule has 0 saturated carbocycles. The van der Waals surface area contributed by atoms with Gasteiger partial charge in [0.15, 0.2) is 11.7 Å². The van der Waals surface area contributed by atoms with Crippen molar-refractivity contribution >= 4 is 29.9 Å². The molecule has 0 bridgehead atoms. The average Bonchev–Trinajstić information content (AvgIpc) is 3.06. The minimum atomic E-state index is 0. The van der Waals surface area contributed by atoms with Gasteiger partial charge in [0, 0.05) is 13.1 Å². The van der Waals surface area contributed by atoms with E-state index in [-0.39, 0.29) is 30.1 Å². The van der Waals surface area contributed by atoms with Gasteiger partial charge < -0.3 is 19.9 Å². The highest BCUT2D eigenvalue weighted by molar-refractivity contribution is 14.0. The Labute approximate surface area is 172 Å². The van der Waals surface area contributed by atoms with E-state index in [1.54, 1.807) is 7.05 Å². The number of benzene rings is 1. The van der Waals surface area contributed by atoms with Crippen molar-refractivity contribution in [2.45, 2.75) is 46.3 Å². The van der Waals surface area contributed by atoms with Crippen LogP contribution in [-0.2, 0) is 6.54 Å². The second-order valence-electron chi connectivity index (χ2n) is 6.37. The molecule has 1 atom stereocenters. The second-order valence-corrected chi connectivity index (χ2v) is 6.37. The van der Waals surface area contributed by atoms with Gasteiger partial charge in [-0.05, 0) is 31.4 Å². The van der Waals surface area contributed by atoms with Crippen LogP contribution < -0.4 is 15.4 Å². The Balaban J connectivity index is 0.00000338. The summed E-state index contributed by atoms with van der Waals surface area (Å²) in [6.45, 7) is 9.42. The maximum atomic E-state index is 5.96. The molecule has 0 amide bonds. The normalized spacial score (nSPS) is 12.5. The molecule has 2 N–H and O–H groups in total. The number of nitrogens with zero attached hydrogens (tertiary/aromatic N) is 2. The van der Waals surface area contributed by atoms with Crippen molar-refractivity contribution in [2.75, 3.05) is 13.6 Å². The maximum Gasteiger partial charge on any atom is 0.191 e. The molecule has 2 aromatic rings. The first-order valence-electron chi connectivity index (χ1n) is 8.62. The van der Waals surface area contributed by atoms with Gasteiger partial charge in [-0.15, -0.1) is 24.0 Å². The van der Waals surface area contributed by atoms with Crippen molar-refractivity contribution in [3.8, 4) is 5.75 Å². The summed E-state index contributed by atoms with van der Waals surface area (Å²) in [6, 6.07) is 9.97. The Morgan fingerprint density at radius 2 is 1.96 bits per heavy atom. The van der Waals surface area contributed by atoms with Crippen LogP contribution in [0, 0.1) is 6.92 Å². The van der Waals surface area contributed by atoms with Crippen LogP contribution in [0.2, 0.25) is 0 Å². The summed E-state index contributed by atoms with van der Waals surface area (Å²) >= 11 is 0. The maximum absolute atomic E-state index is 5.96. The van der Waals surface area contributed by atoms with Gasteiger partial charge in [-0.2, -0.15) is 0 Å². The third kappa shape index (κ3) is 6.86. The van der Waals surface area contributed by atoms with Crippen molar-refractivity contribution in [1.82, 2.24) is 15.8 Å². The molecular formula is C19H29IN4O2. The lowest BCUT2D eigenvalue weighted by atomic mass is 10.1. The fraction of sp³-hybridized carbons (Fsp3) is 0.474. The molecule has 144 valence electrons. The summed E-state index contributed by atoms with van der Waals surface area (Å²) in [4.78, 5) is 4.22. The molecule has 7 heteroatoms. The molecule has 1 aromatic heterocycles. The van der Waals surface area contributed by atoms with Gasteiger partial charge in [-0.25, -0.2) is 0 Å². The molecule has 0 fully saturated rings. The van der Waals surface area contributed by atoms with E-state index >= 15 is 0 Å². The zero-order valence-corrected chi connectivity index (χ0v) is 18.4. The number of ether oxygens (including phenoxy) is 1. The fourth-order valence-electron chi connectivity index (χ4n) is 2.26. The number of hydrogen-bond acceptors (Lipinski definition) is 4. The predicted molar refractivity (Wildman–Crippen MR) is 115 cm³/mol. The molecule has 26 heavy (non-hydrogen) atoms. The van der Waals surface area contributed by atoms with Crippen molar-refractivity contribution in [1.29, 1.82) is 0 Å². The van der Waals surface area contributed by atoms with E-state index in [0.29, 0.717) is 25.0 Å². The SMILES string of the molecule is CN=C(NCc1cc(C(C)C)no1)NCC(C)Oc1ccccc1C.I. The quantitative estimate of drug-likeness (QED) is 0.364. The van der Waals surface area contributed by atoms with Gasteiger partial charge in [0.05, 0.1) is 18.8 Å². The van der Waals surface area contributed by atoms with E-state index in [1.807, 2.05) is 44.2 Å². The molecule has 1 heterocycles. The number of guanidine groups is 1. The lowest BCUT2D eigenvalue weighted by molar-refractivity contribution is 0.222. The minimum Gasteiger partial charge on any atom is -0.489 e. The van der Waals surface area contributed by atoms with Crippen LogP contribution in [0.3, 0.4) is 0 Å². The largest absolute Gasteiger partial charge is 0.489 e. The fourth-order valence-corrected chi connectivity index (χ4v) is 2.26. The van der Waals surface area contributed by atoms with E-state index < -0.39 is 0 Å². The van der Waals surface area contributed by atoms with E-state index in [0.717, 1.165) is 22.8 Å². The molecule has 2 rings (SSSR count). The summed E-state index contributed by atoms with van der Waals surface area (Å²) in [5, 5.41) is 10.5. The Kier molecular flexibility index (Phi) is 9.47. The van der Waals surface area contributed by atoms with Crippen LogP contribution in [0.4, 0.5) is 0 Å². The predicted octanol–water partition coefficient (Wildman–Crippen LogP) is 3.86. The molecule has 0 saturated heterocycles. The number of aliphatic imine (C=N–C) groups is 1. The lowest BCUT2D eigenvalue weighted by Crippen LogP contribution is -2.41. The topological polar surface area (TPSA) is 71.7 Å². The summed E-state index contributed by atoms with van der Waals surface area (Å²) in [6.07, 6.45) is 0.0115. The number of aryl methyl sites for hydroxylation is 1. The number of para-hydroxylation sites is 1. The first kappa shape index (κ1) is 22.3. The minimum absolute atomic E-state index is 0. The highest BCUT2D eigenvalue weighted by atomic mass is 127. The number of halogens is 1.